The first-order chi connectivity index (χ1) is 29.2. The number of piperidine rings is 2. The van der Waals surface area contributed by atoms with Gasteiger partial charge in [-0.15, -0.1) is 0 Å². The van der Waals surface area contributed by atoms with Crippen molar-refractivity contribution >= 4 is 31.6 Å². The van der Waals surface area contributed by atoms with E-state index in [4.69, 9.17) is 9.47 Å². The van der Waals surface area contributed by atoms with Crippen LogP contribution in [0.25, 0.3) is 11.4 Å². The van der Waals surface area contributed by atoms with Gasteiger partial charge in [-0.1, -0.05) is 0 Å². The van der Waals surface area contributed by atoms with Crippen molar-refractivity contribution in [3.63, 3.8) is 0 Å². The van der Waals surface area contributed by atoms with Crippen molar-refractivity contribution in [1.82, 2.24) is 29.1 Å². The lowest BCUT2D eigenvalue weighted by Crippen LogP contribution is -2.39. The minimum atomic E-state index is -3.28. The lowest BCUT2D eigenvalue weighted by atomic mass is 10.1. The quantitative estimate of drug-likeness (QED) is 0.188. The normalized spacial score (nSPS) is 15.1. The van der Waals surface area contributed by atoms with Gasteiger partial charge in [0.15, 0.2) is 19.7 Å². The zero-order valence-electron chi connectivity index (χ0n) is 33.9. The van der Waals surface area contributed by atoms with Crippen LogP contribution in [0.4, 0.5) is 11.9 Å². The van der Waals surface area contributed by atoms with Crippen LogP contribution in [0.15, 0.2) is 135 Å². The highest BCUT2D eigenvalue weighted by Gasteiger charge is 2.24. The van der Waals surface area contributed by atoms with Gasteiger partial charge in [0, 0.05) is 125 Å². The topological polar surface area (TPSA) is 189 Å². The maximum Gasteiger partial charge on any atom is 0.258 e. The second-order valence-electron chi connectivity index (χ2n) is 14.9. The van der Waals surface area contributed by atoms with Gasteiger partial charge in [0.2, 0.25) is 11.9 Å². The summed E-state index contributed by atoms with van der Waals surface area (Å²) in [6.07, 6.45) is 16.0. The summed E-state index contributed by atoms with van der Waals surface area (Å²) in [4.78, 5) is 47.1. The molecule has 2 fully saturated rings. The molecule has 0 N–H and O–H groups in total. The molecule has 16 nitrogen and oxygen atoms in total. The molecule has 0 radical (unpaired) electrons. The summed E-state index contributed by atoms with van der Waals surface area (Å²) < 4.78 is 61.3. The Morgan fingerprint density at radius 1 is 0.557 bits per heavy atom. The monoisotopic (exact) mass is 866 g/mol. The highest BCUT2D eigenvalue weighted by atomic mass is 32.2. The molecule has 18 heteroatoms. The average Bonchev–Trinajstić information content (AvgIpc) is 3.25. The van der Waals surface area contributed by atoms with Gasteiger partial charge in [-0.05, 0) is 79.2 Å². The molecule has 6 aromatic rings. The highest BCUT2D eigenvalue weighted by molar-refractivity contribution is 7.91. The van der Waals surface area contributed by atoms with Crippen molar-refractivity contribution in [2.45, 2.75) is 54.6 Å². The molecule has 2 aliphatic heterocycles. The first-order valence-electron chi connectivity index (χ1n) is 19.6. The van der Waals surface area contributed by atoms with Crippen molar-refractivity contribution in [1.29, 1.82) is 0 Å². The molecule has 4 aromatic heterocycles. The fraction of sp³-hybridized carbons (Fsp3) is 0.302. The molecule has 0 aliphatic carbocycles. The second-order valence-corrected chi connectivity index (χ2v) is 18.9. The zero-order chi connectivity index (χ0) is 43.1. The number of ether oxygens (including phenoxy) is 2. The van der Waals surface area contributed by atoms with E-state index < -0.39 is 19.7 Å². The predicted molar refractivity (Wildman–Crippen MR) is 231 cm³/mol. The van der Waals surface area contributed by atoms with Crippen molar-refractivity contribution in [3.05, 3.63) is 142 Å². The van der Waals surface area contributed by atoms with E-state index in [0.717, 1.165) is 81.8 Å². The molecule has 0 saturated carbocycles. The number of anilines is 2. The van der Waals surface area contributed by atoms with Gasteiger partial charge in [-0.3, -0.25) is 18.7 Å². The van der Waals surface area contributed by atoms with E-state index in [9.17, 15) is 26.4 Å². The summed E-state index contributed by atoms with van der Waals surface area (Å²) in [5.74, 6) is 2.51. The number of benzene rings is 2. The summed E-state index contributed by atoms with van der Waals surface area (Å²) in [6.45, 7) is 5.12. The molecular weight excluding hydrogens is 821 g/mol. The van der Waals surface area contributed by atoms with Crippen LogP contribution in [0.5, 0.6) is 11.5 Å². The Balaban J connectivity index is 0.000000184. The van der Waals surface area contributed by atoms with Gasteiger partial charge in [-0.25, -0.2) is 36.8 Å². The molecule has 8 rings (SSSR count). The van der Waals surface area contributed by atoms with Crippen molar-refractivity contribution in [2.75, 3.05) is 48.5 Å². The Kier molecular flexibility index (Phi) is 12.9. The van der Waals surface area contributed by atoms with Gasteiger partial charge in [0.05, 0.1) is 9.79 Å². The summed E-state index contributed by atoms with van der Waals surface area (Å²) in [6, 6.07) is 20.6. The van der Waals surface area contributed by atoms with E-state index in [-0.39, 0.29) is 33.1 Å². The smallest absolute Gasteiger partial charge is 0.258 e. The Morgan fingerprint density at radius 3 is 1.30 bits per heavy atom. The number of aryl methyl sites for hydroxylation is 1. The maximum atomic E-state index is 12.6. The van der Waals surface area contributed by atoms with E-state index in [1.807, 2.05) is 19.3 Å². The van der Waals surface area contributed by atoms with Gasteiger partial charge < -0.3 is 19.3 Å². The van der Waals surface area contributed by atoms with E-state index >= 15 is 0 Å². The minimum Gasteiger partial charge on any atom is -0.490 e. The van der Waals surface area contributed by atoms with E-state index in [1.54, 1.807) is 67.3 Å². The summed E-state index contributed by atoms with van der Waals surface area (Å²) >= 11 is 0. The number of nitrogens with zero attached hydrogens (tertiary/aromatic N) is 8. The Labute approximate surface area is 354 Å². The van der Waals surface area contributed by atoms with Gasteiger partial charge in [0.25, 0.3) is 11.1 Å². The van der Waals surface area contributed by atoms with Crippen molar-refractivity contribution in [3.8, 4) is 22.9 Å². The molecule has 0 atom stereocenters. The molecule has 2 aliphatic rings. The molecule has 2 aromatic carbocycles. The SMILES string of the molecule is CS(=O)(=O)c1ccc(-n2ccc(OC3CCN(c4ncccn4)CC3)cc2=O)cc1.Cc1cnc(N2CCC(Oc3ccn(-c4ccc(S(C)(=O)=O)cc4)c(=O)c3)CC2)nc1. The number of aromatic nitrogens is 6. The Morgan fingerprint density at radius 2 is 0.934 bits per heavy atom. The van der Waals surface area contributed by atoms with E-state index in [0.29, 0.717) is 22.9 Å². The summed E-state index contributed by atoms with van der Waals surface area (Å²) in [7, 11) is -6.55. The number of hydrogen-bond acceptors (Lipinski definition) is 14. The van der Waals surface area contributed by atoms with Crippen LogP contribution in [0.2, 0.25) is 0 Å². The van der Waals surface area contributed by atoms with Crippen LogP contribution in [0, 0.1) is 6.92 Å². The molecule has 0 amide bonds. The van der Waals surface area contributed by atoms with Crippen LogP contribution < -0.4 is 30.4 Å². The lowest BCUT2D eigenvalue weighted by molar-refractivity contribution is 0.170. The zero-order valence-corrected chi connectivity index (χ0v) is 35.6. The highest BCUT2D eigenvalue weighted by Crippen LogP contribution is 2.23. The third-order valence-electron chi connectivity index (χ3n) is 10.2. The van der Waals surface area contributed by atoms with Crippen molar-refractivity contribution < 1.29 is 26.3 Å². The molecule has 61 heavy (non-hydrogen) atoms. The predicted octanol–water partition coefficient (Wildman–Crippen LogP) is 4.47. The van der Waals surface area contributed by atoms with Crippen LogP contribution in [0.1, 0.15) is 31.2 Å². The van der Waals surface area contributed by atoms with Gasteiger partial charge in [-0.2, -0.15) is 0 Å². The number of hydrogen-bond donors (Lipinski definition) is 0. The Bertz CT molecular complexity index is 2770. The van der Waals surface area contributed by atoms with Crippen LogP contribution in [-0.4, -0.2) is 96.8 Å². The third-order valence-corrected chi connectivity index (χ3v) is 12.5. The molecular formula is C43H46N8O8S2. The van der Waals surface area contributed by atoms with Gasteiger partial charge >= 0.3 is 0 Å². The first-order valence-corrected chi connectivity index (χ1v) is 23.4. The summed E-state index contributed by atoms with van der Waals surface area (Å²) in [5.41, 5.74) is 1.73. The number of rotatable bonds is 10. The number of sulfone groups is 2. The largest absolute Gasteiger partial charge is 0.490 e. The molecule has 318 valence electrons. The van der Waals surface area contributed by atoms with Crippen LogP contribution in [-0.2, 0) is 19.7 Å². The van der Waals surface area contributed by atoms with Crippen LogP contribution in [0.3, 0.4) is 0 Å². The fourth-order valence-electron chi connectivity index (χ4n) is 6.94. The fourth-order valence-corrected chi connectivity index (χ4v) is 8.20. The third kappa shape index (κ3) is 11.1. The average molecular weight is 867 g/mol. The van der Waals surface area contributed by atoms with E-state index in [2.05, 4.69) is 29.7 Å². The maximum absolute atomic E-state index is 12.6. The molecule has 0 unspecified atom stereocenters. The van der Waals surface area contributed by atoms with Crippen molar-refractivity contribution in [2.24, 2.45) is 0 Å². The molecule has 2 saturated heterocycles. The van der Waals surface area contributed by atoms with Gasteiger partial charge in [0.1, 0.15) is 23.7 Å². The summed E-state index contributed by atoms with van der Waals surface area (Å²) in [5, 5.41) is 0. The Hall–Kier alpha value is -6.40. The second kappa shape index (κ2) is 18.5. The van der Waals surface area contributed by atoms with Crippen LogP contribution >= 0.6 is 0 Å². The molecule has 0 bridgehead atoms. The molecule has 6 heterocycles. The van der Waals surface area contributed by atoms with E-state index in [1.165, 1.54) is 45.5 Å². The minimum absolute atomic E-state index is 0.0194. The number of pyridine rings is 2. The first kappa shape index (κ1) is 42.7. The standard InChI is InChI=1S/C22H24N4O4S.C21H22N4O4S/c1-16-14-23-22(24-15-16)25-10-7-18(8-11-25)30-19-9-12-26(21(27)13-19)17-3-5-20(6-4-17)31(2,28)29;1-30(27,28)19-5-3-16(4-6-19)25-14-9-18(15-20(25)26)29-17-7-12-24(13-8-17)21-22-10-2-11-23-21/h3-6,9,12-15,18H,7-8,10-11H2,1-2H3;2-6,9-11,14-15,17H,7-8,12-13H2,1H3. The lowest BCUT2D eigenvalue weighted by Gasteiger charge is -2.32. The molecule has 0 spiro atoms.